The van der Waals surface area contributed by atoms with Crippen LogP contribution in [0, 0.1) is 0 Å². The largest absolute Gasteiger partial charge is 0.331 e. The van der Waals surface area contributed by atoms with E-state index in [1.165, 1.54) is 15.4 Å². The maximum Gasteiger partial charge on any atom is 0.321 e. The lowest BCUT2D eigenvalue weighted by atomic mass is 10.2. The van der Waals surface area contributed by atoms with Crippen molar-refractivity contribution in [2.75, 3.05) is 19.4 Å². The second-order valence-electron chi connectivity index (χ2n) is 4.76. The Morgan fingerprint density at radius 2 is 1.71 bits per heavy atom. The number of nitrogens with zero attached hydrogens (tertiary/aromatic N) is 1. The summed E-state index contributed by atoms with van der Waals surface area (Å²) in [6.07, 6.45) is 0. The van der Waals surface area contributed by atoms with Crippen molar-refractivity contribution in [1.82, 2.24) is 4.90 Å². The number of nitrogens with one attached hydrogen (secondary N) is 1. The van der Waals surface area contributed by atoms with Gasteiger partial charge >= 0.3 is 6.03 Å². The molecule has 1 N–H and O–H groups in total. The fourth-order valence-corrected chi connectivity index (χ4v) is 2.60. The van der Waals surface area contributed by atoms with Gasteiger partial charge in [-0.25, -0.2) is 4.79 Å². The number of amides is 2. The molecule has 0 saturated carbocycles. The molecule has 2 aromatic rings. The molecule has 0 bridgehead atoms. The molecule has 21 heavy (non-hydrogen) atoms. The highest BCUT2D eigenvalue weighted by Crippen LogP contribution is 2.24. The molecule has 0 unspecified atom stereocenters. The zero-order valence-corrected chi connectivity index (χ0v) is 13.5. The fraction of sp³-hybridized carbons (Fsp3) is 0.188. The minimum Gasteiger partial charge on any atom is -0.331 e. The normalized spacial score (nSPS) is 10.2. The molecule has 0 aliphatic rings. The molecule has 0 aliphatic carbocycles. The van der Waals surface area contributed by atoms with Crippen molar-refractivity contribution in [2.45, 2.75) is 10.6 Å². The van der Waals surface area contributed by atoms with Crippen LogP contribution >= 0.6 is 23.4 Å². The third-order valence-corrected chi connectivity index (χ3v) is 4.17. The van der Waals surface area contributed by atoms with Crippen molar-refractivity contribution in [1.29, 1.82) is 0 Å². The zero-order chi connectivity index (χ0) is 15.2. The maximum absolute atomic E-state index is 11.5. The number of carbonyl (C=O) groups is 1. The molecule has 0 heterocycles. The highest BCUT2D eigenvalue weighted by molar-refractivity contribution is 7.98. The molecule has 3 nitrogen and oxygen atoms in total. The Bertz CT molecular complexity index is 597. The summed E-state index contributed by atoms with van der Waals surface area (Å²) in [5.41, 5.74) is 2.01. The van der Waals surface area contributed by atoms with Gasteiger partial charge in [-0.15, -0.1) is 11.8 Å². The topological polar surface area (TPSA) is 32.3 Å². The van der Waals surface area contributed by atoms with Gasteiger partial charge in [-0.2, -0.15) is 0 Å². The van der Waals surface area contributed by atoms with Crippen LogP contribution in [0.25, 0.3) is 0 Å². The molecule has 110 valence electrons. The van der Waals surface area contributed by atoms with Crippen LogP contribution in [-0.4, -0.2) is 25.0 Å². The summed E-state index contributed by atoms with van der Waals surface area (Å²) in [4.78, 5) is 14.2. The van der Waals surface area contributed by atoms with Crippen molar-refractivity contribution in [3.8, 4) is 0 Å². The van der Waals surface area contributed by atoms with Gasteiger partial charge in [0, 0.05) is 35.5 Å². The molecule has 0 spiro atoms. The molecule has 2 aromatic carbocycles. The monoisotopic (exact) mass is 320 g/mol. The number of halogens is 1. The Balaban J connectivity index is 1.90. The van der Waals surface area contributed by atoms with Crippen LogP contribution in [0.15, 0.2) is 53.4 Å². The molecular weight excluding hydrogens is 304 g/mol. The van der Waals surface area contributed by atoms with Crippen LogP contribution in [0.2, 0.25) is 5.02 Å². The van der Waals surface area contributed by atoms with Gasteiger partial charge in [0.1, 0.15) is 0 Å². The summed E-state index contributed by atoms with van der Waals surface area (Å²) in [5, 5.41) is 3.56. The van der Waals surface area contributed by atoms with E-state index >= 15 is 0 Å². The van der Waals surface area contributed by atoms with Gasteiger partial charge in [-0.1, -0.05) is 23.7 Å². The van der Waals surface area contributed by atoms with Gasteiger partial charge in [0.25, 0.3) is 0 Å². The summed E-state index contributed by atoms with van der Waals surface area (Å²) < 4.78 is 0. The van der Waals surface area contributed by atoms with E-state index in [-0.39, 0.29) is 6.03 Å². The summed E-state index contributed by atoms with van der Waals surface area (Å²) >= 11 is 7.62. The molecule has 0 aromatic heterocycles. The molecule has 2 amide bonds. The minimum absolute atomic E-state index is 0.127. The van der Waals surface area contributed by atoms with Crippen molar-refractivity contribution < 1.29 is 4.79 Å². The number of thioether (sulfide) groups is 1. The molecule has 5 heteroatoms. The van der Waals surface area contributed by atoms with Crippen LogP contribution in [0.4, 0.5) is 10.5 Å². The Morgan fingerprint density at radius 3 is 2.29 bits per heavy atom. The average molecular weight is 321 g/mol. The Labute approximate surface area is 134 Å². The molecule has 0 aliphatic heterocycles. The lowest BCUT2D eigenvalue weighted by Crippen LogP contribution is -2.27. The lowest BCUT2D eigenvalue weighted by Gasteiger charge is -2.12. The van der Waals surface area contributed by atoms with E-state index in [4.69, 9.17) is 11.6 Å². The molecule has 2 rings (SSSR count). The third-order valence-electron chi connectivity index (χ3n) is 2.83. The van der Waals surface area contributed by atoms with Crippen LogP contribution in [0.5, 0.6) is 0 Å². The summed E-state index contributed by atoms with van der Waals surface area (Å²) in [7, 11) is 3.43. The Morgan fingerprint density at radius 1 is 1.10 bits per heavy atom. The SMILES string of the molecule is CN(C)C(=O)Nc1ccc(CSc2ccc(Cl)cc2)cc1. The van der Waals surface area contributed by atoms with Gasteiger partial charge in [0.05, 0.1) is 0 Å². The van der Waals surface area contributed by atoms with E-state index in [1.807, 2.05) is 48.5 Å². The summed E-state index contributed by atoms with van der Waals surface area (Å²) in [6, 6.07) is 15.6. The van der Waals surface area contributed by atoms with Gasteiger partial charge in [-0.05, 0) is 42.0 Å². The number of urea groups is 1. The standard InChI is InChI=1S/C16H17ClN2OS/c1-19(2)16(20)18-14-7-3-12(4-8-14)11-21-15-9-5-13(17)6-10-15/h3-10H,11H2,1-2H3,(H,18,20). The first kappa shape index (κ1) is 15.7. The maximum atomic E-state index is 11.5. The molecule has 0 atom stereocenters. The van der Waals surface area contributed by atoms with Gasteiger partial charge < -0.3 is 10.2 Å². The van der Waals surface area contributed by atoms with Crippen molar-refractivity contribution in [3.05, 3.63) is 59.1 Å². The van der Waals surface area contributed by atoms with E-state index in [2.05, 4.69) is 5.32 Å². The van der Waals surface area contributed by atoms with E-state index < -0.39 is 0 Å². The van der Waals surface area contributed by atoms with Crippen LogP contribution < -0.4 is 5.32 Å². The third kappa shape index (κ3) is 4.99. The first-order valence-electron chi connectivity index (χ1n) is 6.50. The van der Waals surface area contributed by atoms with Gasteiger partial charge in [0.2, 0.25) is 0 Å². The van der Waals surface area contributed by atoms with Crippen LogP contribution in [-0.2, 0) is 5.75 Å². The number of rotatable bonds is 4. The Kier molecular flexibility index (Phi) is 5.53. The fourth-order valence-electron chi connectivity index (χ4n) is 1.62. The second kappa shape index (κ2) is 7.38. The molecule has 0 radical (unpaired) electrons. The quantitative estimate of drug-likeness (QED) is 0.826. The number of benzene rings is 2. The second-order valence-corrected chi connectivity index (χ2v) is 6.25. The van der Waals surface area contributed by atoms with E-state index in [0.29, 0.717) is 0 Å². The highest BCUT2D eigenvalue weighted by atomic mass is 35.5. The van der Waals surface area contributed by atoms with E-state index in [0.717, 1.165) is 16.5 Å². The highest BCUT2D eigenvalue weighted by Gasteiger charge is 2.03. The minimum atomic E-state index is -0.127. The first-order valence-corrected chi connectivity index (χ1v) is 7.86. The summed E-state index contributed by atoms with van der Waals surface area (Å²) in [5.74, 6) is 0.879. The van der Waals surface area contributed by atoms with Crippen molar-refractivity contribution in [2.24, 2.45) is 0 Å². The first-order chi connectivity index (χ1) is 10.0. The van der Waals surface area contributed by atoms with E-state index in [1.54, 1.807) is 25.9 Å². The van der Waals surface area contributed by atoms with Gasteiger partial charge in [-0.3, -0.25) is 0 Å². The number of carbonyl (C=O) groups excluding carboxylic acids is 1. The van der Waals surface area contributed by atoms with E-state index in [9.17, 15) is 4.79 Å². The van der Waals surface area contributed by atoms with Crippen molar-refractivity contribution in [3.63, 3.8) is 0 Å². The molecule has 0 saturated heterocycles. The number of hydrogen-bond acceptors (Lipinski definition) is 2. The van der Waals surface area contributed by atoms with Crippen LogP contribution in [0.3, 0.4) is 0 Å². The van der Waals surface area contributed by atoms with Crippen molar-refractivity contribution >= 4 is 35.1 Å². The lowest BCUT2D eigenvalue weighted by molar-refractivity contribution is 0.230. The molecule has 0 fully saturated rings. The Hall–Kier alpha value is -1.65. The average Bonchev–Trinajstić information content (AvgIpc) is 2.48. The zero-order valence-electron chi connectivity index (χ0n) is 12.0. The predicted octanol–water partition coefficient (Wildman–Crippen LogP) is 4.73. The smallest absolute Gasteiger partial charge is 0.321 e. The van der Waals surface area contributed by atoms with Gasteiger partial charge in [0.15, 0.2) is 0 Å². The number of anilines is 1. The predicted molar refractivity (Wildman–Crippen MR) is 90.2 cm³/mol. The molecular formula is C16H17ClN2OS. The number of hydrogen-bond donors (Lipinski definition) is 1. The summed E-state index contributed by atoms with van der Waals surface area (Å²) in [6.45, 7) is 0. The van der Waals surface area contributed by atoms with Crippen LogP contribution in [0.1, 0.15) is 5.56 Å².